The maximum absolute atomic E-state index is 5.44. The zero-order valence-electron chi connectivity index (χ0n) is 10.2. The second-order valence-electron chi connectivity index (χ2n) is 5.46. The number of aromatic nitrogens is 1. The maximum atomic E-state index is 5.44. The summed E-state index contributed by atoms with van der Waals surface area (Å²) in [4.78, 5) is 4.26. The number of ether oxygens (including phenoxy) is 1. The molecule has 90 valence electrons. The number of hydrogen-bond acceptors (Lipinski definition) is 4. The molecule has 2 rings (SSSR count). The summed E-state index contributed by atoms with van der Waals surface area (Å²) in [5, 5.41) is 3.35. The fraction of sp³-hybridized carbons (Fsp3) is 0.750. The first-order chi connectivity index (χ1) is 7.53. The molecule has 4 heteroatoms. The van der Waals surface area contributed by atoms with Gasteiger partial charge in [-0.05, 0) is 39.5 Å². The van der Waals surface area contributed by atoms with Crippen LogP contribution in [0.15, 0.2) is 10.7 Å². The smallest absolute Gasteiger partial charge is 0.393 e. The molecule has 1 N–H and O–H groups in total. The van der Waals surface area contributed by atoms with Crippen molar-refractivity contribution in [3.05, 3.63) is 12.0 Å². The van der Waals surface area contributed by atoms with Crippen molar-refractivity contribution < 1.29 is 9.15 Å². The zero-order valence-corrected chi connectivity index (χ0v) is 10.2. The van der Waals surface area contributed by atoms with Gasteiger partial charge in [0, 0.05) is 12.1 Å². The summed E-state index contributed by atoms with van der Waals surface area (Å²) in [6, 6.07) is 0. The fourth-order valence-corrected chi connectivity index (χ4v) is 1.27. The molecule has 0 aliphatic heterocycles. The van der Waals surface area contributed by atoms with Crippen LogP contribution in [-0.4, -0.2) is 17.1 Å². The van der Waals surface area contributed by atoms with Gasteiger partial charge in [0.25, 0.3) is 0 Å². The van der Waals surface area contributed by atoms with Crippen molar-refractivity contribution in [2.24, 2.45) is 5.92 Å². The van der Waals surface area contributed by atoms with Crippen LogP contribution in [0.2, 0.25) is 0 Å². The third kappa shape index (κ3) is 3.85. The quantitative estimate of drug-likeness (QED) is 0.834. The highest BCUT2D eigenvalue weighted by Crippen LogP contribution is 2.29. The monoisotopic (exact) mass is 224 g/mol. The first-order valence-electron chi connectivity index (χ1n) is 5.85. The minimum atomic E-state index is 0.0913. The molecule has 0 aromatic carbocycles. The second kappa shape index (κ2) is 4.45. The Kier molecular flexibility index (Phi) is 3.19. The van der Waals surface area contributed by atoms with Crippen molar-refractivity contribution in [1.82, 2.24) is 10.3 Å². The van der Waals surface area contributed by atoms with Gasteiger partial charge in [0.05, 0.1) is 12.3 Å². The van der Waals surface area contributed by atoms with E-state index in [0.29, 0.717) is 12.6 Å². The van der Waals surface area contributed by atoms with E-state index in [-0.39, 0.29) is 5.54 Å². The first-order valence-corrected chi connectivity index (χ1v) is 5.85. The molecule has 16 heavy (non-hydrogen) atoms. The molecule has 4 nitrogen and oxygen atoms in total. The molecule has 0 bridgehead atoms. The van der Waals surface area contributed by atoms with Crippen molar-refractivity contribution in [1.29, 1.82) is 0 Å². The van der Waals surface area contributed by atoms with Crippen molar-refractivity contribution in [2.75, 3.05) is 6.61 Å². The highest BCUT2D eigenvalue weighted by atomic mass is 16.6. The van der Waals surface area contributed by atoms with E-state index in [4.69, 9.17) is 9.15 Å². The van der Waals surface area contributed by atoms with Crippen molar-refractivity contribution in [2.45, 2.75) is 45.7 Å². The van der Waals surface area contributed by atoms with E-state index in [0.717, 1.165) is 18.2 Å². The van der Waals surface area contributed by atoms with Crippen molar-refractivity contribution in [3.63, 3.8) is 0 Å². The number of rotatable bonds is 5. The van der Waals surface area contributed by atoms with E-state index in [1.54, 1.807) is 6.26 Å². The summed E-state index contributed by atoms with van der Waals surface area (Å²) in [5.41, 5.74) is 0.981. The van der Waals surface area contributed by atoms with Crippen LogP contribution < -0.4 is 10.1 Å². The average Bonchev–Trinajstić information content (AvgIpc) is 2.91. The third-order valence-corrected chi connectivity index (χ3v) is 2.47. The lowest BCUT2D eigenvalue weighted by Crippen LogP contribution is -2.35. The minimum Gasteiger partial charge on any atom is -0.450 e. The number of nitrogens with zero attached hydrogens (tertiary/aromatic N) is 1. The Bertz CT molecular complexity index is 337. The zero-order chi connectivity index (χ0) is 11.6. The van der Waals surface area contributed by atoms with Gasteiger partial charge in [0.2, 0.25) is 0 Å². The molecule has 0 spiro atoms. The van der Waals surface area contributed by atoms with Gasteiger partial charge in [-0.3, -0.25) is 0 Å². The summed E-state index contributed by atoms with van der Waals surface area (Å²) in [5.74, 6) is 0.725. The van der Waals surface area contributed by atoms with Gasteiger partial charge in [0.15, 0.2) is 0 Å². The molecule has 1 aromatic heterocycles. The van der Waals surface area contributed by atoms with Crippen LogP contribution in [0.1, 0.15) is 39.3 Å². The lowest BCUT2D eigenvalue weighted by molar-refractivity contribution is 0.219. The highest BCUT2D eigenvalue weighted by molar-refractivity contribution is 5.00. The molecule has 1 heterocycles. The van der Waals surface area contributed by atoms with Crippen molar-refractivity contribution >= 4 is 0 Å². The van der Waals surface area contributed by atoms with Gasteiger partial charge in [-0.1, -0.05) is 0 Å². The van der Waals surface area contributed by atoms with Crippen LogP contribution in [0.4, 0.5) is 0 Å². The predicted molar refractivity (Wildman–Crippen MR) is 61.3 cm³/mol. The summed E-state index contributed by atoms with van der Waals surface area (Å²) >= 11 is 0. The van der Waals surface area contributed by atoms with Gasteiger partial charge in [0.1, 0.15) is 6.26 Å². The van der Waals surface area contributed by atoms with E-state index in [1.165, 1.54) is 12.8 Å². The topological polar surface area (TPSA) is 47.3 Å². The van der Waals surface area contributed by atoms with Gasteiger partial charge >= 0.3 is 6.08 Å². The number of nitrogens with one attached hydrogen (secondary N) is 1. The SMILES string of the molecule is CC(C)(C)NCc1coc(OCC2CC2)n1. The molecule has 0 amide bonds. The molecule has 1 saturated carbocycles. The Morgan fingerprint density at radius 3 is 2.88 bits per heavy atom. The van der Waals surface area contributed by atoms with Crippen LogP contribution in [-0.2, 0) is 6.54 Å². The van der Waals surface area contributed by atoms with Gasteiger partial charge < -0.3 is 14.5 Å². The van der Waals surface area contributed by atoms with Crippen LogP contribution in [0, 0.1) is 5.92 Å². The maximum Gasteiger partial charge on any atom is 0.393 e. The molecule has 1 aliphatic carbocycles. The fourth-order valence-electron chi connectivity index (χ4n) is 1.27. The van der Waals surface area contributed by atoms with Gasteiger partial charge in [-0.2, -0.15) is 4.98 Å². The standard InChI is InChI=1S/C12H20N2O2/c1-12(2,3)13-6-10-8-16-11(14-10)15-7-9-4-5-9/h8-9,13H,4-7H2,1-3H3. The van der Waals surface area contributed by atoms with E-state index < -0.39 is 0 Å². The van der Waals surface area contributed by atoms with E-state index in [1.807, 2.05) is 0 Å². The van der Waals surface area contributed by atoms with E-state index in [9.17, 15) is 0 Å². The molecular weight excluding hydrogens is 204 g/mol. The first kappa shape index (κ1) is 11.5. The Balaban J connectivity index is 1.77. The molecule has 0 unspecified atom stereocenters. The summed E-state index contributed by atoms with van der Waals surface area (Å²) < 4.78 is 10.7. The minimum absolute atomic E-state index is 0.0913. The highest BCUT2D eigenvalue weighted by Gasteiger charge is 2.22. The summed E-state index contributed by atoms with van der Waals surface area (Å²) in [7, 11) is 0. The Morgan fingerprint density at radius 1 is 1.50 bits per heavy atom. The molecule has 1 aliphatic rings. The molecule has 1 fully saturated rings. The van der Waals surface area contributed by atoms with Gasteiger partial charge in [-0.15, -0.1) is 0 Å². The lowest BCUT2D eigenvalue weighted by Gasteiger charge is -2.19. The average molecular weight is 224 g/mol. The Labute approximate surface area is 96.4 Å². The number of oxazole rings is 1. The third-order valence-electron chi connectivity index (χ3n) is 2.47. The molecule has 0 atom stereocenters. The van der Waals surface area contributed by atoms with E-state index in [2.05, 4.69) is 31.1 Å². The molecular formula is C12H20N2O2. The Hall–Kier alpha value is -1.03. The van der Waals surface area contributed by atoms with E-state index >= 15 is 0 Å². The van der Waals surface area contributed by atoms with Crippen LogP contribution in [0.3, 0.4) is 0 Å². The van der Waals surface area contributed by atoms with Gasteiger partial charge in [-0.25, -0.2) is 0 Å². The van der Waals surface area contributed by atoms with Crippen molar-refractivity contribution in [3.8, 4) is 6.08 Å². The molecule has 0 radical (unpaired) electrons. The second-order valence-corrected chi connectivity index (χ2v) is 5.46. The predicted octanol–water partition coefficient (Wildman–Crippen LogP) is 2.35. The van der Waals surface area contributed by atoms with Crippen LogP contribution in [0.25, 0.3) is 0 Å². The Morgan fingerprint density at radius 2 is 2.25 bits per heavy atom. The largest absolute Gasteiger partial charge is 0.450 e. The molecule has 0 saturated heterocycles. The van der Waals surface area contributed by atoms with Crippen LogP contribution in [0.5, 0.6) is 6.08 Å². The summed E-state index contributed by atoms with van der Waals surface area (Å²) in [6.45, 7) is 7.82. The van der Waals surface area contributed by atoms with Crippen LogP contribution >= 0.6 is 0 Å². The lowest BCUT2D eigenvalue weighted by atomic mass is 10.1. The number of hydrogen-bond donors (Lipinski definition) is 1. The normalized spacial score (nSPS) is 16.4. The molecule has 1 aromatic rings. The summed E-state index contributed by atoms with van der Waals surface area (Å²) in [6.07, 6.45) is 4.61.